The van der Waals surface area contributed by atoms with Gasteiger partial charge in [0.1, 0.15) is 11.6 Å². The van der Waals surface area contributed by atoms with Gasteiger partial charge in [-0.2, -0.15) is 8.42 Å². The normalized spacial score (nSPS) is 9.55. The second kappa shape index (κ2) is 13.4. The average Bonchev–Trinajstić information content (AvgIpc) is 2.77. The lowest BCUT2D eigenvalue weighted by Crippen LogP contribution is -1.79. The SMILES string of the molecule is Fc1ccc(-c2ccc(I)cc2)cc1.Fc1ccc(-c2ccc(I)cc2)cc1.O=S=O. The van der Waals surface area contributed by atoms with Crippen LogP contribution in [-0.2, 0) is 11.6 Å². The average molecular weight is 660 g/mol. The van der Waals surface area contributed by atoms with Crippen LogP contribution in [0.1, 0.15) is 0 Å². The van der Waals surface area contributed by atoms with Gasteiger partial charge in [0.25, 0.3) is 0 Å². The van der Waals surface area contributed by atoms with Crippen molar-refractivity contribution in [2.45, 2.75) is 0 Å². The van der Waals surface area contributed by atoms with Crippen LogP contribution in [0.25, 0.3) is 22.3 Å². The zero-order chi connectivity index (χ0) is 22.6. The Morgan fingerprint density at radius 3 is 0.871 bits per heavy atom. The lowest BCUT2D eigenvalue weighted by atomic mass is 10.1. The van der Waals surface area contributed by atoms with E-state index >= 15 is 0 Å². The summed E-state index contributed by atoms with van der Waals surface area (Å²) in [4.78, 5) is 0. The highest BCUT2D eigenvalue weighted by Crippen LogP contribution is 2.21. The molecule has 0 aromatic heterocycles. The maximum absolute atomic E-state index is 12.7. The Kier molecular flexibility index (Phi) is 11.0. The molecule has 7 heteroatoms. The molecular formula is C24H16F2I2O2S. The van der Waals surface area contributed by atoms with E-state index in [4.69, 9.17) is 8.42 Å². The minimum Gasteiger partial charge on any atom is -0.207 e. The Bertz CT molecular complexity index is 936. The fourth-order valence-electron chi connectivity index (χ4n) is 2.57. The number of benzene rings is 4. The molecule has 0 unspecified atom stereocenters. The van der Waals surface area contributed by atoms with Crippen molar-refractivity contribution in [2.75, 3.05) is 0 Å². The van der Waals surface area contributed by atoms with Crippen molar-refractivity contribution in [3.63, 3.8) is 0 Å². The molecule has 0 bridgehead atoms. The summed E-state index contributed by atoms with van der Waals surface area (Å²) in [6.07, 6.45) is 0. The first-order valence-corrected chi connectivity index (χ1v) is 11.7. The van der Waals surface area contributed by atoms with Gasteiger partial charge in [-0.05, 0) is 116 Å². The second-order valence-corrected chi connectivity index (χ2v) is 8.72. The molecule has 0 spiro atoms. The maximum Gasteiger partial charge on any atom is 0.335 e. The van der Waals surface area contributed by atoms with Gasteiger partial charge < -0.3 is 0 Å². The van der Waals surface area contributed by atoms with Crippen LogP contribution in [0.4, 0.5) is 8.78 Å². The summed E-state index contributed by atoms with van der Waals surface area (Å²) in [5, 5.41) is 0. The van der Waals surface area contributed by atoms with Crippen molar-refractivity contribution in [3.8, 4) is 22.3 Å². The highest BCUT2D eigenvalue weighted by Gasteiger charge is 1.98. The largest absolute Gasteiger partial charge is 0.335 e. The number of hydrogen-bond donors (Lipinski definition) is 0. The van der Waals surface area contributed by atoms with E-state index in [1.165, 1.54) is 31.4 Å². The first-order valence-electron chi connectivity index (χ1n) is 8.87. The third-order valence-corrected chi connectivity index (χ3v) is 5.48. The Balaban J connectivity index is 0.000000196. The first-order chi connectivity index (χ1) is 14.9. The lowest BCUT2D eigenvalue weighted by Gasteiger charge is -2.01. The Morgan fingerprint density at radius 1 is 0.452 bits per heavy atom. The predicted molar refractivity (Wildman–Crippen MR) is 138 cm³/mol. The van der Waals surface area contributed by atoms with Crippen LogP contribution in [0.2, 0.25) is 0 Å². The van der Waals surface area contributed by atoms with Crippen molar-refractivity contribution in [2.24, 2.45) is 0 Å². The van der Waals surface area contributed by atoms with Gasteiger partial charge in [-0.1, -0.05) is 48.5 Å². The highest BCUT2D eigenvalue weighted by atomic mass is 127. The molecule has 4 rings (SSSR count). The van der Waals surface area contributed by atoms with Crippen LogP contribution in [0.5, 0.6) is 0 Å². The zero-order valence-corrected chi connectivity index (χ0v) is 21.1. The molecule has 0 amide bonds. The molecule has 0 aliphatic heterocycles. The van der Waals surface area contributed by atoms with Gasteiger partial charge in [0.15, 0.2) is 0 Å². The summed E-state index contributed by atoms with van der Waals surface area (Å²) in [5.41, 5.74) is 4.32. The first kappa shape index (κ1) is 25.3. The number of halogens is 4. The van der Waals surface area contributed by atoms with E-state index in [0.29, 0.717) is 0 Å². The van der Waals surface area contributed by atoms with E-state index in [-0.39, 0.29) is 11.6 Å². The monoisotopic (exact) mass is 660 g/mol. The standard InChI is InChI=1S/2C12H8FI.O2S/c2*13-11-5-1-9(2-6-11)10-3-7-12(14)8-4-10;1-3-2/h2*1-8H;. The molecule has 31 heavy (non-hydrogen) atoms. The predicted octanol–water partition coefficient (Wildman–Crippen LogP) is 7.52. The molecule has 0 heterocycles. The lowest BCUT2D eigenvalue weighted by molar-refractivity contribution is 0.627. The van der Waals surface area contributed by atoms with Crippen LogP contribution in [0, 0.1) is 18.8 Å². The van der Waals surface area contributed by atoms with Gasteiger partial charge in [0, 0.05) is 7.14 Å². The molecule has 0 atom stereocenters. The fourth-order valence-corrected chi connectivity index (χ4v) is 3.29. The van der Waals surface area contributed by atoms with Crippen LogP contribution in [0.3, 0.4) is 0 Å². The van der Waals surface area contributed by atoms with E-state index in [1.54, 1.807) is 24.3 Å². The fraction of sp³-hybridized carbons (Fsp3) is 0. The molecule has 0 saturated carbocycles. The van der Waals surface area contributed by atoms with Crippen LogP contribution < -0.4 is 0 Å². The number of hydrogen-bond acceptors (Lipinski definition) is 2. The van der Waals surface area contributed by atoms with E-state index < -0.39 is 11.6 Å². The molecule has 4 aromatic carbocycles. The van der Waals surface area contributed by atoms with Gasteiger partial charge in [-0.15, -0.1) is 0 Å². The number of rotatable bonds is 2. The summed E-state index contributed by atoms with van der Waals surface area (Å²) in [6.45, 7) is 0. The van der Waals surface area contributed by atoms with Crippen molar-refractivity contribution < 1.29 is 17.2 Å². The second-order valence-electron chi connectivity index (χ2n) is 6.10. The van der Waals surface area contributed by atoms with Crippen molar-refractivity contribution in [3.05, 3.63) is 116 Å². The molecule has 0 radical (unpaired) electrons. The van der Waals surface area contributed by atoms with Crippen LogP contribution in [-0.4, -0.2) is 8.42 Å². The zero-order valence-electron chi connectivity index (χ0n) is 16.0. The summed E-state index contributed by atoms with van der Waals surface area (Å²) in [5.74, 6) is -0.390. The minimum absolute atomic E-state index is 0.195. The van der Waals surface area contributed by atoms with Gasteiger partial charge in [0.2, 0.25) is 0 Å². The van der Waals surface area contributed by atoms with Crippen molar-refractivity contribution >= 4 is 56.8 Å². The quantitative estimate of drug-likeness (QED) is 0.209. The van der Waals surface area contributed by atoms with Gasteiger partial charge in [0.05, 0.1) is 0 Å². The molecule has 2 nitrogen and oxygen atoms in total. The summed E-state index contributed by atoms with van der Waals surface area (Å²) >= 11 is 3.77. The van der Waals surface area contributed by atoms with Crippen LogP contribution >= 0.6 is 45.2 Å². The molecular weight excluding hydrogens is 644 g/mol. The molecule has 0 N–H and O–H groups in total. The molecule has 0 fully saturated rings. The summed E-state index contributed by atoms with van der Waals surface area (Å²) in [6, 6.07) is 29.4. The smallest absolute Gasteiger partial charge is 0.207 e. The summed E-state index contributed by atoms with van der Waals surface area (Å²) in [7, 11) is 0. The van der Waals surface area contributed by atoms with E-state index in [2.05, 4.69) is 45.2 Å². The third kappa shape index (κ3) is 8.96. The van der Waals surface area contributed by atoms with Crippen molar-refractivity contribution in [1.29, 1.82) is 0 Å². The van der Waals surface area contributed by atoms with Gasteiger partial charge >= 0.3 is 11.6 Å². The van der Waals surface area contributed by atoms with E-state index in [1.807, 2.05) is 48.5 Å². The maximum atomic E-state index is 12.7. The third-order valence-electron chi connectivity index (χ3n) is 4.04. The minimum atomic E-state index is -0.750. The molecule has 0 saturated heterocycles. The Labute approximate surface area is 210 Å². The van der Waals surface area contributed by atoms with E-state index in [9.17, 15) is 8.78 Å². The van der Waals surface area contributed by atoms with Crippen LogP contribution in [0.15, 0.2) is 97.1 Å². The molecule has 0 aliphatic carbocycles. The summed E-state index contributed by atoms with van der Waals surface area (Å²) < 4.78 is 44.3. The molecule has 158 valence electrons. The molecule has 0 aliphatic rings. The van der Waals surface area contributed by atoms with Gasteiger partial charge in [-0.25, -0.2) is 8.78 Å². The molecule has 4 aromatic rings. The Hall–Kier alpha value is -1.98. The topological polar surface area (TPSA) is 34.1 Å². The van der Waals surface area contributed by atoms with E-state index in [0.717, 1.165) is 22.3 Å². The van der Waals surface area contributed by atoms with Gasteiger partial charge in [-0.3, -0.25) is 0 Å². The highest BCUT2D eigenvalue weighted by molar-refractivity contribution is 14.1. The van der Waals surface area contributed by atoms with Crippen molar-refractivity contribution in [1.82, 2.24) is 0 Å². The Morgan fingerprint density at radius 2 is 0.645 bits per heavy atom.